The van der Waals surface area contributed by atoms with Gasteiger partial charge in [-0.2, -0.15) is 0 Å². The van der Waals surface area contributed by atoms with Crippen molar-refractivity contribution in [2.75, 3.05) is 24.3 Å². The molecule has 2 heterocycles. The molecule has 2 aromatic carbocycles. The number of thioether (sulfide) groups is 1. The molecule has 8 nitrogen and oxygen atoms in total. The van der Waals surface area contributed by atoms with E-state index in [-0.39, 0.29) is 23.0 Å². The maximum atomic E-state index is 12.4. The van der Waals surface area contributed by atoms with Gasteiger partial charge in [-0.25, -0.2) is 4.98 Å². The van der Waals surface area contributed by atoms with Crippen molar-refractivity contribution in [2.24, 2.45) is 0 Å². The van der Waals surface area contributed by atoms with Crippen LogP contribution in [0.25, 0.3) is 10.9 Å². The normalized spacial score (nSPS) is 12.6. The number of carbonyl (C=O) groups excluding carboxylic acids is 1. The third-order valence-electron chi connectivity index (χ3n) is 4.61. The number of aromatic nitrogens is 1. The number of hydrogen-bond donors (Lipinski definition) is 1. The summed E-state index contributed by atoms with van der Waals surface area (Å²) in [4.78, 5) is 27.7. The first-order valence-corrected chi connectivity index (χ1v) is 10.4. The van der Waals surface area contributed by atoms with Crippen LogP contribution in [0.3, 0.4) is 0 Å². The van der Waals surface area contributed by atoms with Crippen LogP contribution in [0.1, 0.15) is 12.5 Å². The number of nitrogens with zero attached hydrogens (tertiary/aromatic N) is 2. The van der Waals surface area contributed by atoms with Crippen molar-refractivity contribution in [1.29, 1.82) is 0 Å². The molecule has 1 aromatic heterocycles. The lowest BCUT2D eigenvalue weighted by atomic mass is 10.1. The molecule has 0 spiro atoms. The second-order valence-electron chi connectivity index (χ2n) is 6.61. The molecule has 0 saturated heterocycles. The van der Waals surface area contributed by atoms with Gasteiger partial charge >= 0.3 is 0 Å². The first-order valence-electron chi connectivity index (χ1n) is 9.44. The lowest BCUT2D eigenvalue weighted by Crippen LogP contribution is -2.15. The summed E-state index contributed by atoms with van der Waals surface area (Å²) in [7, 11) is 0. The number of ether oxygens (including phenoxy) is 2. The number of carbonyl (C=O) groups is 1. The second-order valence-corrected chi connectivity index (χ2v) is 7.57. The average Bonchev–Trinajstić information content (AvgIpc) is 2.75. The van der Waals surface area contributed by atoms with Gasteiger partial charge in [0.2, 0.25) is 5.91 Å². The predicted octanol–water partition coefficient (Wildman–Crippen LogP) is 4.21. The van der Waals surface area contributed by atoms with E-state index in [1.54, 1.807) is 12.1 Å². The van der Waals surface area contributed by atoms with Gasteiger partial charge in [-0.15, -0.1) is 0 Å². The topological polar surface area (TPSA) is 104 Å². The Bertz CT molecular complexity index is 1140. The van der Waals surface area contributed by atoms with Gasteiger partial charge in [0.25, 0.3) is 5.69 Å². The monoisotopic (exact) mass is 425 g/mol. The highest BCUT2D eigenvalue weighted by Gasteiger charge is 2.17. The number of nitro groups is 1. The number of aryl methyl sites for hydroxylation is 1. The highest BCUT2D eigenvalue weighted by atomic mass is 32.2. The van der Waals surface area contributed by atoms with Crippen molar-refractivity contribution < 1.29 is 19.2 Å². The molecule has 1 N–H and O–H groups in total. The van der Waals surface area contributed by atoms with Crippen LogP contribution < -0.4 is 14.8 Å². The Hall–Kier alpha value is -3.33. The van der Waals surface area contributed by atoms with E-state index in [1.165, 1.54) is 23.9 Å². The molecule has 3 aromatic rings. The van der Waals surface area contributed by atoms with Crippen molar-refractivity contribution in [2.45, 2.75) is 18.4 Å². The lowest BCUT2D eigenvalue weighted by molar-refractivity contribution is -0.383. The number of anilines is 1. The number of benzene rings is 2. The number of nitrogens with one attached hydrogen (secondary N) is 1. The molecule has 0 fully saturated rings. The number of pyridine rings is 1. The minimum Gasteiger partial charge on any atom is -0.486 e. The molecule has 1 aliphatic rings. The smallest absolute Gasteiger partial charge is 0.292 e. The van der Waals surface area contributed by atoms with E-state index < -0.39 is 4.92 Å². The number of nitro benzene ring substituents is 1. The van der Waals surface area contributed by atoms with Crippen LogP contribution in [0.2, 0.25) is 0 Å². The van der Waals surface area contributed by atoms with Gasteiger partial charge < -0.3 is 14.8 Å². The summed E-state index contributed by atoms with van der Waals surface area (Å²) in [6.07, 6.45) is 0.755. The molecular weight excluding hydrogens is 406 g/mol. The molecule has 0 unspecified atom stereocenters. The summed E-state index contributed by atoms with van der Waals surface area (Å²) in [6.45, 7) is 3.05. The molecule has 0 atom stereocenters. The zero-order valence-electron chi connectivity index (χ0n) is 16.2. The minimum absolute atomic E-state index is 0.0854. The van der Waals surface area contributed by atoms with Crippen molar-refractivity contribution >= 4 is 39.9 Å². The fourth-order valence-corrected chi connectivity index (χ4v) is 4.07. The van der Waals surface area contributed by atoms with E-state index in [2.05, 4.69) is 5.32 Å². The third kappa shape index (κ3) is 4.16. The van der Waals surface area contributed by atoms with Crippen LogP contribution in [-0.4, -0.2) is 34.8 Å². The van der Waals surface area contributed by atoms with Gasteiger partial charge in [-0.05, 0) is 30.2 Å². The lowest BCUT2D eigenvalue weighted by Gasteiger charge is -2.19. The molecule has 0 bridgehead atoms. The van der Waals surface area contributed by atoms with Crippen molar-refractivity contribution in [3.8, 4) is 11.5 Å². The third-order valence-corrected chi connectivity index (χ3v) is 5.65. The van der Waals surface area contributed by atoms with Gasteiger partial charge in [0.15, 0.2) is 11.5 Å². The quantitative estimate of drug-likeness (QED) is 0.358. The molecule has 0 aliphatic carbocycles. The number of amides is 1. The Labute approximate surface area is 176 Å². The van der Waals surface area contributed by atoms with Crippen molar-refractivity contribution in [3.63, 3.8) is 0 Å². The highest BCUT2D eigenvalue weighted by Crippen LogP contribution is 2.36. The number of fused-ring (bicyclic) bond motifs is 2. The van der Waals surface area contributed by atoms with Crippen LogP contribution >= 0.6 is 11.8 Å². The van der Waals surface area contributed by atoms with Gasteiger partial charge in [-0.3, -0.25) is 14.9 Å². The molecular formula is C21H19N3O5S. The molecule has 30 heavy (non-hydrogen) atoms. The fraction of sp³-hybridized carbons (Fsp3) is 0.238. The number of hydrogen-bond acceptors (Lipinski definition) is 7. The van der Waals surface area contributed by atoms with E-state index >= 15 is 0 Å². The molecule has 1 aliphatic heterocycles. The van der Waals surface area contributed by atoms with E-state index in [0.717, 1.165) is 27.9 Å². The van der Waals surface area contributed by atoms with Crippen LogP contribution in [0.5, 0.6) is 11.5 Å². The maximum Gasteiger partial charge on any atom is 0.292 e. The second kappa shape index (κ2) is 8.58. The Morgan fingerprint density at radius 3 is 2.67 bits per heavy atom. The summed E-state index contributed by atoms with van der Waals surface area (Å²) >= 11 is 1.30. The summed E-state index contributed by atoms with van der Waals surface area (Å²) in [5, 5.41) is 15.4. The standard InChI is InChI=1S/C21H19N3O5S/c1-2-13-9-14-10-18-19(29-8-7-28-18)11-16(14)23-21(13)30-12-20(25)22-15-5-3-4-6-17(15)24(26)27/h3-6,9-11H,2,7-8,12H2,1H3,(H,22,25). The number of rotatable bonds is 6. The summed E-state index contributed by atoms with van der Waals surface area (Å²) in [6, 6.07) is 11.9. The summed E-state index contributed by atoms with van der Waals surface area (Å²) < 4.78 is 11.3. The van der Waals surface area contributed by atoms with Crippen LogP contribution in [0, 0.1) is 10.1 Å². The van der Waals surface area contributed by atoms with Crippen LogP contribution in [0.15, 0.2) is 47.5 Å². The maximum absolute atomic E-state index is 12.4. The fourth-order valence-electron chi connectivity index (χ4n) is 3.17. The Kier molecular flexibility index (Phi) is 5.71. The van der Waals surface area contributed by atoms with Crippen LogP contribution in [0.4, 0.5) is 11.4 Å². The molecule has 4 rings (SSSR count). The highest BCUT2D eigenvalue weighted by molar-refractivity contribution is 8.00. The van der Waals surface area contributed by atoms with Crippen LogP contribution in [-0.2, 0) is 11.2 Å². The van der Waals surface area contributed by atoms with E-state index in [1.807, 2.05) is 25.1 Å². The van der Waals surface area contributed by atoms with Gasteiger partial charge in [0.05, 0.1) is 16.2 Å². The average molecular weight is 425 g/mol. The van der Waals surface area contributed by atoms with Gasteiger partial charge in [0, 0.05) is 17.5 Å². The summed E-state index contributed by atoms with van der Waals surface area (Å²) in [5.41, 5.74) is 1.82. The molecule has 0 saturated carbocycles. The van der Waals surface area contributed by atoms with E-state index in [0.29, 0.717) is 24.7 Å². The molecule has 1 amide bonds. The van der Waals surface area contributed by atoms with Crippen molar-refractivity contribution in [3.05, 3.63) is 58.1 Å². The molecule has 9 heteroatoms. The Morgan fingerprint density at radius 1 is 1.20 bits per heavy atom. The van der Waals surface area contributed by atoms with E-state index in [9.17, 15) is 14.9 Å². The Morgan fingerprint density at radius 2 is 1.93 bits per heavy atom. The van der Waals surface area contributed by atoms with E-state index in [4.69, 9.17) is 14.5 Å². The Balaban J connectivity index is 1.53. The zero-order chi connectivity index (χ0) is 21.1. The first kappa shape index (κ1) is 20.0. The largest absolute Gasteiger partial charge is 0.486 e. The SMILES string of the molecule is CCc1cc2cc3c(cc2nc1SCC(=O)Nc1ccccc1[N+](=O)[O-])OCCO3. The minimum atomic E-state index is -0.519. The van der Waals surface area contributed by atoms with Crippen molar-refractivity contribution in [1.82, 2.24) is 4.98 Å². The number of para-hydroxylation sites is 2. The van der Waals surface area contributed by atoms with Gasteiger partial charge in [-0.1, -0.05) is 30.8 Å². The molecule has 154 valence electrons. The van der Waals surface area contributed by atoms with Gasteiger partial charge in [0.1, 0.15) is 23.9 Å². The zero-order valence-corrected chi connectivity index (χ0v) is 17.0. The summed E-state index contributed by atoms with van der Waals surface area (Å²) in [5.74, 6) is 1.13. The molecule has 0 radical (unpaired) electrons. The first-order chi connectivity index (χ1) is 14.5. The predicted molar refractivity (Wildman–Crippen MR) is 115 cm³/mol.